The second kappa shape index (κ2) is 12.6. The molecule has 0 N–H and O–H groups in total. The Morgan fingerprint density at radius 3 is 2.00 bits per heavy atom. The van der Waals surface area contributed by atoms with Crippen molar-refractivity contribution in [3.63, 3.8) is 0 Å². The van der Waals surface area contributed by atoms with Crippen LogP contribution in [0.15, 0.2) is 16.8 Å². The Hall–Kier alpha value is -0.154. The number of hydrogen-bond donors (Lipinski definition) is 0. The van der Waals surface area contributed by atoms with Gasteiger partial charge in [-0.3, -0.25) is 0 Å². The Morgan fingerprint density at radius 1 is 0.950 bits per heavy atom. The van der Waals surface area contributed by atoms with Crippen LogP contribution < -0.4 is 0 Å². The summed E-state index contributed by atoms with van der Waals surface area (Å²) in [6, 6.07) is 0. The number of aliphatic imine (C=N–C) groups is 1. The van der Waals surface area contributed by atoms with Crippen molar-refractivity contribution >= 4 is 22.2 Å². The van der Waals surface area contributed by atoms with Gasteiger partial charge in [0.15, 0.2) is 0 Å². The third-order valence-corrected chi connectivity index (χ3v) is 10.9. The molecule has 0 aliphatic heterocycles. The van der Waals surface area contributed by atoms with Gasteiger partial charge in [0.1, 0.15) is 0 Å². The van der Waals surface area contributed by atoms with E-state index in [0.717, 1.165) is 25.8 Å². The monoisotopic (exact) mass is 336 g/mol. The van der Waals surface area contributed by atoms with E-state index in [-0.39, 0.29) is 0 Å². The molecule has 0 heterocycles. The van der Waals surface area contributed by atoms with E-state index in [1.807, 2.05) is 0 Å². The normalized spacial score (nSPS) is 12.7. The molecule has 0 amide bonds. The molecule has 0 spiro atoms. The van der Waals surface area contributed by atoms with Crippen molar-refractivity contribution in [2.24, 2.45) is 4.99 Å². The summed E-state index contributed by atoms with van der Waals surface area (Å²) in [5.41, 5.74) is 2.84. The number of allylic oxidation sites excluding steroid dienone is 2. The average Bonchev–Trinajstić information content (AvgIpc) is 2.48. The van der Waals surface area contributed by atoms with E-state index < -0.39 is 16.5 Å². The Morgan fingerprint density at radius 2 is 1.60 bits per heavy atom. The molecule has 0 aromatic rings. The first-order valence-corrected chi connectivity index (χ1v) is 13.2. The second-order valence-corrected chi connectivity index (χ2v) is 12.9. The summed E-state index contributed by atoms with van der Waals surface area (Å²) in [5.74, 6) is 0. The number of hydrogen-bond acceptors (Lipinski definition) is 2. The Bertz CT molecular complexity index is 293. The van der Waals surface area contributed by atoms with Crippen molar-refractivity contribution < 1.29 is 0 Å². The molecule has 0 bridgehead atoms. The van der Waals surface area contributed by atoms with Crippen LogP contribution in [0.1, 0.15) is 67.2 Å². The van der Waals surface area contributed by atoms with Gasteiger partial charge in [-0.2, -0.15) is 0 Å². The Labute approximate surface area is 133 Å². The molecule has 2 nitrogen and oxygen atoms in total. The molecule has 0 rings (SSSR count). The van der Waals surface area contributed by atoms with Crippen molar-refractivity contribution in [1.82, 2.24) is 3.61 Å². The van der Waals surface area contributed by atoms with Gasteiger partial charge >= 0.3 is 133 Å². The van der Waals surface area contributed by atoms with Crippen LogP contribution >= 0.6 is 0 Å². The van der Waals surface area contributed by atoms with E-state index >= 15 is 0 Å². The van der Waals surface area contributed by atoms with Gasteiger partial charge in [0.2, 0.25) is 0 Å². The first-order chi connectivity index (χ1) is 9.68. The van der Waals surface area contributed by atoms with Crippen LogP contribution in [-0.2, 0) is 0 Å². The van der Waals surface area contributed by atoms with Crippen LogP contribution in [0.2, 0.25) is 9.95 Å². The van der Waals surface area contributed by atoms with E-state index in [2.05, 4.69) is 51.2 Å². The zero-order chi connectivity index (χ0) is 15.4. The fourth-order valence-corrected chi connectivity index (χ4v) is 8.52. The molecule has 0 fully saturated rings. The summed E-state index contributed by atoms with van der Waals surface area (Å²) >= 11 is -1.30. The van der Waals surface area contributed by atoms with E-state index in [4.69, 9.17) is 4.99 Å². The zero-order valence-corrected chi connectivity index (χ0v) is 17.1. The van der Waals surface area contributed by atoms with Crippen molar-refractivity contribution in [3.8, 4) is 0 Å². The third kappa shape index (κ3) is 7.03. The van der Waals surface area contributed by atoms with E-state index in [1.54, 1.807) is 5.70 Å². The quantitative estimate of drug-likeness (QED) is 0.370. The van der Waals surface area contributed by atoms with Gasteiger partial charge in [-0.05, 0) is 0 Å². The molecule has 0 aliphatic carbocycles. The maximum absolute atomic E-state index is 4.74. The summed E-state index contributed by atoms with van der Waals surface area (Å²) in [6.07, 6.45) is 7.00. The van der Waals surface area contributed by atoms with Gasteiger partial charge in [0.05, 0.1) is 0 Å². The topological polar surface area (TPSA) is 15.6 Å². The van der Waals surface area contributed by atoms with E-state index in [9.17, 15) is 0 Å². The van der Waals surface area contributed by atoms with Crippen molar-refractivity contribution in [2.75, 3.05) is 13.1 Å². The minimum atomic E-state index is -1.30. The Balaban J connectivity index is 5.22. The fraction of sp³-hybridized carbons (Fsp3) is 0.824. The molecular weight excluding hydrogens is 302 g/mol. The van der Waals surface area contributed by atoms with E-state index in [1.165, 1.54) is 28.6 Å². The van der Waals surface area contributed by atoms with Crippen LogP contribution in [0.5, 0.6) is 0 Å². The first kappa shape index (κ1) is 19.8. The second-order valence-electron chi connectivity index (χ2n) is 5.38. The van der Waals surface area contributed by atoms with Crippen LogP contribution in [0.4, 0.5) is 0 Å². The molecule has 0 saturated heterocycles. The SMILES string of the molecule is CCCN=C(/C=C(/CC)[N](CCC)[Ga]([CH2]C)[CH2]C)CC. The fourth-order valence-electron chi connectivity index (χ4n) is 2.63. The summed E-state index contributed by atoms with van der Waals surface area (Å²) in [5, 5.41) is 0. The van der Waals surface area contributed by atoms with Crippen LogP contribution in [0.25, 0.3) is 0 Å². The number of nitrogens with zero attached hydrogens (tertiary/aromatic N) is 2. The molecule has 116 valence electrons. The molecule has 20 heavy (non-hydrogen) atoms. The van der Waals surface area contributed by atoms with Crippen molar-refractivity contribution in [1.29, 1.82) is 0 Å². The van der Waals surface area contributed by atoms with Gasteiger partial charge in [-0.25, -0.2) is 0 Å². The van der Waals surface area contributed by atoms with E-state index in [0.29, 0.717) is 0 Å². The van der Waals surface area contributed by atoms with Crippen LogP contribution in [0, 0.1) is 0 Å². The van der Waals surface area contributed by atoms with Crippen molar-refractivity contribution in [2.45, 2.75) is 77.2 Å². The molecule has 0 atom stereocenters. The average molecular weight is 337 g/mol. The molecule has 0 unspecified atom stereocenters. The standard InChI is InChI=1S/C13H25N2.2C2H5.Ga/c1-5-9-14-12(7-3)11-13(8-4)15-10-6-2;2*1-2;/h11H,5-10H2,1-4H3;2*1H2,2H3;/q-1;;;+1/b12-11-,15-13?;;;. The van der Waals surface area contributed by atoms with Crippen LogP contribution in [-0.4, -0.2) is 38.9 Å². The van der Waals surface area contributed by atoms with Gasteiger partial charge < -0.3 is 0 Å². The molecule has 0 saturated carbocycles. The number of rotatable bonds is 11. The van der Waals surface area contributed by atoms with Gasteiger partial charge in [0, 0.05) is 0 Å². The molecule has 0 radical (unpaired) electrons. The molecule has 0 aromatic carbocycles. The molecule has 0 aromatic heterocycles. The predicted octanol–water partition coefficient (Wildman–Crippen LogP) is 5.28. The zero-order valence-electron chi connectivity index (χ0n) is 14.7. The summed E-state index contributed by atoms with van der Waals surface area (Å²) in [6.45, 7) is 16.0. The van der Waals surface area contributed by atoms with Gasteiger partial charge in [-0.15, -0.1) is 0 Å². The van der Waals surface area contributed by atoms with Gasteiger partial charge in [-0.1, -0.05) is 0 Å². The predicted molar refractivity (Wildman–Crippen MR) is 95.0 cm³/mol. The first-order valence-electron chi connectivity index (χ1n) is 8.68. The maximum atomic E-state index is 4.74. The Kier molecular flexibility index (Phi) is 12.5. The molecule has 3 heteroatoms. The molecular formula is C17H35GaN2. The summed E-state index contributed by atoms with van der Waals surface area (Å²) in [4.78, 5) is 7.56. The minimum absolute atomic E-state index is 0.969. The summed E-state index contributed by atoms with van der Waals surface area (Å²) < 4.78 is 2.81. The molecule has 0 aliphatic rings. The van der Waals surface area contributed by atoms with Crippen LogP contribution in [0.3, 0.4) is 0 Å². The van der Waals surface area contributed by atoms with Gasteiger partial charge in [0.25, 0.3) is 0 Å². The van der Waals surface area contributed by atoms with Crippen molar-refractivity contribution in [3.05, 3.63) is 11.8 Å². The third-order valence-electron chi connectivity index (χ3n) is 3.81. The summed E-state index contributed by atoms with van der Waals surface area (Å²) in [7, 11) is 0.